The number of amides is 1. The summed E-state index contributed by atoms with van der Waals surface area (Å²) in [7, 11) is -1.24. The van der Waals surface area contributed by atoms with E-state index >= 15 is 0 Å². The number of anilines is 2. The Balaban J connectivity index is 1.74. The first kappa shape index (κ1) is 21.5. The standard InChI is InChI=1S/C20H17N5O5S/c1-29-18-11-17(23-20(24-18)30-2)25-31(27,28)16-9-7-15(8-10-16)22-19(26)14-5-3-13(12-21)4-6-14/h3-11H,1-2H3,(H,22,26)(H,23,24,25). The summed E-state index contributed by atoms with van der Waals surface area (Å²) in [6.45, 7) is 0. The van der Waals surface area contributed by atoms with Crippen LogP contribution in [-0.4, -0.2) is 38.5 Å². The molecule has 0 unspecified atom stereocenters. The van der Waals surface area contributed by atoms with Gasteiger partial charge in [-0.1, -0.05) is 0 Å². The molecule has 0 radical (unpaired) electrons. The van der Waals surface area contributed by atoms with Gasteiger partial charge >= 0.3 is 6.01 Å². The van der Waals surface area contributed by atoms with Crippen molar-refractivity contribution in [2.45, 2.75) is 4.90 Å². The predicted octanol–water partition coefficient (Wildman–Crippen LogP) is 2.42. The van der Waals surface area contributed by atoms with Crippen LogP contribution in [0.15, 0.2) is 59.5 Å². The molecule has 2 aromatic carbocycles. The highest BCUT2D eigenvalue weighted by Crippen LogP contribution is 2.21. The summed E-state index contributed by atoms with van der Waals surface area (Å²) < 4.78 is 37.6. The van der Waals surface area contributed by atoms with Gasteiger partial charge in [-0.15, -0.1) is 0 Å². The number of sulfonamides is 1. The Morgan fingerprint density at radius 1 is 1.00 bits per heavy atom. The van der Waals surface area contributed by atoms with Crippen molar-refractivity contribution in [1.29, 1.82) is 5.26 Å². The molecule has 0 fully saturated rings. The Bertz CT molecular complexity index is 1210. The van der Waals surface area contributed by atoms with Crippen LogP contribution in [0.5, 0.6) is 11.9 Å². The van der Waals surface area contributed by atoms with Crippen LogP contribution in [0.2, 0.25) is 0 Å². The summed E-state index contributed by atoms with van der Waals surface area (Å²) in [5.74, 6) is -0.286. The number of nitrogens with zero attached hydrogens (tertiary/aromatic N) is 3. The molecule has 31 heavy (non-hydrogen) atoms. The van der Waals surface area contributed by atoms with Crippen molar-refractivity contribution in [3.8, 4) is 18.0 Å². The van der Waals surface area contributed by atoms with E-state index in [-0.39, 0.29) is 22.6 Å². The quantitative estimate of drug-likeness (QED) is 0.571. The summed E-state index contributed by atoms with van der Waals surface area (Å²) in [4.78, 5) is 20.1. The van der Waals surface area contributed by atoms with Crippen molar-refractivity contribution >= 4 is 27.4 Å². The van der Waals surface area contributed by atoms with Gasteiger partial charge in [0.15, 0.2) is 5.82 Å². The fourth-order valence-electron chi connectivity index (χ4n) is 2.47. The Morgan fingerprint density at radius 2 is 1.68 bits per heavy atom. The Hall–Kier alpha value is -4.17. The third kappa shape index (κ3) is 5.26. The maximum absolute atomic E-state index is 12.6. The van der Waals surface area contributed by atoms with Gasteiger partial charge in [0.2, 0.25) is 5.88 Å². The minimum atomic E-state index is -3.96. The average molecular weight is 439 g/mol. The van der Waals surface area contributed by atoms with E-state index in [4.69, 9.17) is 14.7 Å². The number of rotatable bonds is 7. The van der Waals surface area contributed by atoms with Crippen LogP contribution in [0.4, 0.5) is 11.5 Å². The van der Waals surface area contributed by atoms with Crippen LogP contribution < -0.4 is 19.5 Å². The molecule has 0 aliphatic rings. The zero-order chi connectivity index (χ0) is 22.4. The molecule has 3 aromatic rings. The number of hydrogen-bond donors (Lipinski definition) is 2. The van der Waals surface area contributed by atoms with E-state index in [1.54, 1.807) is 0 Å². The SMILES string of the molecule is COc1cc(NS(=O)(=O)c2ccc(NC(=O)c3ccc(C#N)cc3)cc2)nc(OC)n1. The molecule has 0 saturated heterocycles. The van der Waals surface area contributed by atoms with E-state index in [1.807, 2.05) is 6.07 Å². The van der Waals surface area contributed by atoms with Crippen LogP contribution in [0, 0.1) is 11.3 Å². The van der Waals surface area contributed by atoms with E-state index < -0.39 is 15.9 Å². The topological polar surface area (TPSA) is 143 Å². The Kier molecular flexibility index (Phi) is 6.32. The van der Waals surface area contributed by atoms with Gasteiger partial charge in [0.05, 0.1) is 30.7 Å². The van der Waals surface area contributed by atoms with E-state index in [2.05, 4.69) is 20.0 Å². The van der Waals surface area contributed by atoms with E-state index in [0.717, 1.165) is 0 Å². The second kappa shape index (κ2) is 9.10. The summed E-state index contributed by atoms with van der Waals surface area (Å²) in [5.41, 5.74) is 1.21. The number of benzene rings is 2. The molecule has 1 amide bonds. The third-order valence-electron chi connectivity index (χ3n) is 4.01. The van der Waals surface area contributed by atoms with Gasteiger partial charge in [0, 0.05) is 17.3 Å². The largest absolute Gasteiger partial charge is 0.481 e. The molecule has 0 aliphatic heterocycles. The molecule has 1 heterocycles. The maximum atomic E-state index is 12.6. The zero-order valence-corrected chi connectivity index (χ0v) is 17.3. The van der Waals surface area contributed by atoms with Gasteiger partial charge in [0.25, 0.3) is 15.9 Å². The minimum absolute atomic E-state index is 0.0260. The molecule has 0 bridgehead atoms. The number of nitrogens with one attached hydrogen (secondary N) is 2. The summed E-state index contributed by atoms with van der Waals surface area (Å²) in [6.07, 6.45) is 0. The smallest absolute Gasteiger partial charge is 0.321 e. The van der Waals surface area contributed by atoms with Gasteiger partial charge in [-0.2, -0.15) is 15.2 Å². The third-order valence-corrected chi connectivity index (χ3v) is 5.38. The van der Waals surface area contributed by atoms with Crippen LogP contribution >= 0.6 is 0 Å². The van der Waals surface area contributed by atoms with Crippen molar-refractivity contribution in [2.24, 2.45) is 0 Å². The normalized spacial score (nSPS) is 10.6. The number of hydrogen-bond acceptors (Lipinski definition) is 8. The number of methoxy groups -OCH3 is 2. The lowest BCUT2D eigenvalue weighted by molar-refractivity contribution is 0.102. The second-order valence-corrected chi connectivity index (χ2v) is 7.74. The van der Waals surface area contributed by atoms with Crippen molar-refractivity contribution in [3.05, 3.63) is 65.7 Å². The van der Waals surface area contributed by atoms with E-state index in [9.17, 15) is 13.2 Å². The number of ether oxygens (including phenoxy) is 2. The summed E-state index contributed by atoms with van der Waals surface area (Å²) >= 11 is 0. The van der Waals surface area contributed by atoms with Crippen LogP contribution in [-0.2, 0) is 10.0 Å². The highest BCUT2D eigenvalue weighted by molar-refractivity contribution is 7.92. The van der Waals surface area contributed by atoms with Crippen LogP contribution in [0.1, 0.15) is 15.9 Å². The molecular formula is C20H17N5O5S. The van der Waals surface area contributed by atoms with Crippen molar-refractivity contribution < 1.29 is 22.7 Å². The lowest BCUT2D eigenvalue weighted by atomic mass is 10.1. The fraction of sp³-hybridized carbons (Fsp3) is 0.100. The first-order valence-corrected chi connectivity index (χ1v) is 10.2. The molecule has 3 rings (SSSR count). The minimum Gasteiger partial charge on any atom is -0.481 e. The fourth-order valence-corrected chi connectivity index (χ4v) is 3.46. The van der Waals surface area contributed by atoms with Crippen molar-refractivity contribution in [1.82, 2.24) is 9.97 Å². The van der Waals surface area contributed by atoms with Crippen molar-refractivity contribution in [2.75, 3.05) is 24.3 Å². The maximum Gasteiger partial charge on any atom is 0.321 e. The lowest BCUT2D eigenvalue weighted by Crippen LogP contribution is -2.15. The van der Waals surface area contributed by atoms with Gasteiger partial charge in [-0.3, -0.25) is 9.52 Å². The predicted molar refractivity (Wildman–Crippen MR) is 111 cm³/mol. The molecule has 10 nitrogen and oxygen atoms in total. The Labute approximate surface area is 178 Å². The van der Waals surface area contributed by atoms with E-state index in [0.29, 0.717) is 16.8 Å². The zero-order valence-electron chi connectivity index (χ0n) is 16.5. The van der Waals surface area contributed by atoms with Crippen LogP contribution in [0.25, 0.3) is 0 Å². The van der Waals surface area contributed by atoms with Gasteiger partial charge in [0.1, 0.15) is 0 Å². The summed E-state index contributed by atoms with van der Waals surface area (Å²) in [5, 5.41) is 11.5. The first-order valence-electron chi connectivity index (χ1n) is 8.76. The molecule has 0 saturated carbocycles. The number of carbonyl (C=O) groups excluding carboxylic acids is 1. The molecule has 0 atom stereocenters. The highest BCUT2D eigenvalue weighted by atomic mass is 32.2. The van der Waals surface area contributed by atoms with E-state index in [1.165, 1.54) is 68.8 Å². The second-order valence-electron chi connectivity index (χ2n) is 6.06. The van der Waals surface area contributed by atoms with Crippen LogP contribution in [0.3, 0.4) is 0 Å². The average Bonchev–Trinajstić information content (AvgIpc) is 2.78. The highest BCUT2D eigenvalue weighted by Gasteiger charge is 2.17. The number of nitriles is 1. The molecule has 158 valence electrons. The molecule has 11 heteroatoms. The molecule has 1 aromatic heterocycles. The first-order chi connectivity index (χ1) is 14.8. The number of aromatic nitrogens is 2. The molecule has 2 N–H and O–H groups in total. The molecule has 0 aliphatic carbocycles. The van der Waals surface area contributed by atoms with Gasteiger partial charge in [-0.05, 0) is 48.5 Å². The Morgan fingerprint density at radius 3 is 2.26 bits per heavy atom. The molecular weight excluding hydrogens is 422 g/mol. The van der Waals surface area contributed by atoms with Crippen molar-refractivity contribution in [3.63, 3.8) is 0 Å². The van der Waals surface area contributed by atoms with Gasteiger partial charge in [-0.25, -0.2) is 8.42 Å². The van der Waals surface area contributed by atoms with Gasteiger partial charge < -0.3 is 14.8 Å². The molecule has 0 spiro atoms. The lowest BCUT2D eigenvalue weighted by Gasteiger charge is -2.10. The summed E-state index contributed by atoms with van der Waals surface area (Å²) in [6, 6.07) is 14.9. The number of carbonyl (C=O) groups is 1. The monoisotopic (exact) mass is 439 g/mol.